The molecule has 0 fully saturated rings. The SMILES string of the molecule is COc1ccc(NC(=O)C(C)Sc2ccc(Cl)cc2)cn1. The lowest BCUT2D eigenvalue weighted by molar-refractivity contribution is -0.115. The Morgan fingerprint density at radius 1 is 1.29 bits per heavy atom. The third-order valence-electron chi connectivity index (χ3n) is 2.71. The first-order valence-electron chi connectivity index (χ1n) is 6.31. The fourth-order valence-corrected chi connectivity index (χ4v) is 2.58. The predicted octanol–water partition coefficient (Wildman–Crippen LogP) is 3.86. The van der Waals surface area contributed by atoms with Gasteiger partial charge in [-0.1, -0.05) is 11.6 Å². The fourth-order valence-electron chi connectivity index (χ4n) is 1.59. The van der Waals surface area contributed by atoms with Gasteiger partial charge in [0.05, 0.1) is 24.2 Å². The maximum absolute atomic E-state index is 12.1. The molecule has 0 aliphatic rings. The smallest absolute Gasteiger partial charge is 0.237 e. The molecule has 1 aromatic heterocycles. The first kappa shape index (κ1) is 15.7. The Kier molecular flexibility index (Phi) is 5.47. The molecule has 0 aliphatic heterocycles. The van der Waals surface area contributed by atoms with Crippen molar-refractivity contribution in [1.29, 1.82) is 0 Å². The molecule has 0 radical (unpaired) electrons. The van der Waals surface area contributed by atoms with Crippen LogP contribution < -0.4 is 10.1 Å². The van der Waals surface area contributed by atoms with Gasteiger partial charge in [-0.05, 0) is 37.3 Å². The quantitative estimate of drug-likeness (QED) is 0.849. The van der Waals surface area contributed by atoms with Crippen LogP contribution in [0.1, 0.15) is 6.92 Å². The van der Waals surface area contributed by atoms with Crippen molar-refractivity contribution in [2.45, 2.75) is 17.1 Å². The zero-order valence-electron chi connectivity index (χ0n) is 11.7. The Balaban J connectivity index is 1.93. The third-order valence-corrected chi connectivity index (χ3v) is 4.07. The molecule has 21 heavy (non-hydrogen) atoms. The molecule has 4 nitrogen and oxygen atoms in total. The van der Waals surface area contributed by atoms with Crippen LogP contribution in [0.3, 0.4) is 0 Å². The van der Waals surface area contributed by atoms with Crippen LogP contribution in [0.5, 0.6) is 5.88 Å². The van der Waals surface area contributed by atoms with Gasteiger partial charge in [-0.3, -0.25) is 4.79 Å². The third kappa shape index (κ3) is 4.65. The molecule has 1 aromatic carbocycles. The number of ether oxygens (including phenoxy) is 1. The number of hydrogen-bond acceptors (Lipinski definition) is 4. The Bertz CT molecular complexity index is 602. The number of anilines is 1. The lowest BCUT2D eigenvalue weighted by atomic mass is 10.3. The molecular weight excluding hydrogens is 308 g/mol. The summed E-state index contributed by atoms with van der Waals surface area (Å²) in [6.07, 6.45) is 1.57. The van der Waals surface area contributed by atoms with Gasteiger partial charge in [0.1, 0.15) is 0 Å². The molecule has 1 unspecified atom stereocenters. The topological polar surface area (TPSA) is 51.2 Å². The van der Waals surface area contributed by atoms with Gasteiger partial charge in [0.2, 0.25) is 11.8 Å². The molecule has 110 valence electrons. The normalized spacial score (nSPS) is 11.8. The summed E-state index contributed by atoms with van der Waals surface area (Å²) in [6, 6.07) is 10.9. The number of methoxy groups -OCH3 is 1. The van der Waals surface area contributed by atoms with Crippen LogP contribution in [-0.4, -0.2) is 23.3 Å². The van der Waals surface area contributed by atoms with Crippen molar-refractivity contribution in [3.05, 3.63) is 47.6 Å². The van der Waals surface area contributed by atoms with Crippen LogP contribution in [-0.2, 0) is 4.79 Å². The van der Waals surface area contributed by atoms with Crippen LogP contribution >= 0.6 is 23.4 Å². The molecule has 0 aliphatic carbocycles. The average Bonchev–Trinajstić information content (AvgIpc) is 2.50. The van der Waals surface area contributed by atoms with E-state index in [1.165, 1.54) is 11.8 Å². The molecule has 0 spiro atoms. The lowest BCUT2D eigenvalue weighted by Gasteiger charge is -2.12. The predicted molar refractivity (Wildman–Crippen MR) is 86.2 cm³/mol. The van der Waals surface area contributed by atoms with Crippen molar-refractivity contribution in [1.82, 2.24) is 4.98 Å². The van der Waals surface area contributed by atoms with Crippen LogP contribution in [0.25, 0.3) is 0 Å². The van der Waals surface area contributed by atoms with E-state index < -0.39 is 0 Å². The number of nitrogens with zero attached hydrogens (tertiary/aromatic N) is 1. The average molecular weight is 323 g/mol. The van der Waals surface area contributed by atoms with E-state index in [2.05, 4.69) is 10.3 Å². The van der Waals surface area contributed by atoms with Crippen molar-refractivity contribution in [3.8, 4) is 5.88 Å². The highest BCUT2D eigenvalue weighted by Crippen LogP contribution is 2.25. The highest BCUT2D eigenvalue weighted by molar-refractivity contribution is 8.00. The van der Waals surface area contributed by atoms with Crippen molar-refractivity contribution in [2.75, 3.05) is 12.4 Å². The molecule has 0 bridgehead atoms. The van der Waals surface area contributed by atoms with E-state index in [9.17, 15) is 4.79 Å². The summed E-state index contributed by atoms with van der Waals surface area (Å²) >= 11 is 7.31. The van der Waals surface area contributed by atoms with Gasteiger partial charge in [0, 0.05) is 16.0 Å². The Hall–Kier alpha value is -1.72. The number of amides is 1. The van der Waals surface area contributed by atoms with Crippen molar-refractivity contribution in [3.63, 3.8) is 0 Å². The number of halogens is 1. The Labute approximate surface area is 132 Å². The molecule has 1 amide bonds. The molecule has 2 aromatic rings. The van der Waals surface area contributed by atoms with Gasteiger partial charge < -0.3 is 10.1 Å². The van der Waals surface area contributed by atoms with E-state index in [4.69, 9.17) is 16.3 Å². The minimum atomic E-state index is -0.228. The number of benzene rings is 1. The van der Waals surface area contributed by atoms with Crippen LogP contribution in [0.4, 0.5) is 5.69 Å². The van der Waals surface area contributed by atoms with Crippen LogP contribution in [0.2, 0.25) is 5.02 Å². The first-order valence-corrected chi connectivity index (χ1v) is 7.57. The number of nitrogens with one attached hydrogen (secondary N) is 1. The van der Waals surface area contributed by atoms with E-state index in [1.54, 1.807) is 25.4 Å². The largest absolute Gasteiger partial charge is 0.481 e. The zero-order chi connectivity index (χ0) is 15.2. The van der Waals surface area contributed by atoms with Crippen molar-refractivity contribution < 1.29 is 9.53 Å². The van der Waals surface area contributed by atoms with E-state index >= 15 is 0 Å². The van der Waals surface area contributed by atoms with E-state index in [-0.39, 0.29) is 11.2 Å². The molecule has 0 saturated heterocycles. The highest BCUT2D eigenvalue weighted by Gasteiger charge is 2.14. The summed E-state index contributed by atoms with van der Waals surface area (Å²) < 4.78 is 4.97. The first-order chi connectivity index (χ1) is 10.1. The van der Waals surface area contributed by atoms with Gasteiger partial charge >= 0.3 is 0 Å². The van der Waals surface area contributed by atoms with Gasteiger partial charge in [-0.2, -0.15) is 0 Å². The van der Waals surface area contributed by atoms with Gasteiger partial charge in [-0.25, -0.2) is 4.98 Å². The standard InChI is InChI=1S/C15H15ClN2O2S/c1-10(21-13-6-3-11(16)4-7-13)15(19)18-12-5-8-14(20-2)17-9-12/h3-10H,1-2H3,(H,18,19). The molecule has 1 N–H and O–H groups in total. The number of carbonyl (C=O) groups is 1. The van der Waals surface area contributed by atoms with E-state index in [0.717, 1.165) is 4.90 Å². The van der Waals surface area contributed by atoms with E-state index in [1.807, 2.05) is 31.2 Å². The summed E-state index contributed by atoms with van der Waals surface area (Å²) in [7, 11) is 1.55. The second-order valence-electron chi connectivity index (χ2n) is 4.29. The number of hydrogen-bond donors (Lipinski definition) is 1. The molecule has 1 atom stereocenters. The van der Waals surface area contributed by atoms with Gasteiger partial charge in [-0.15, -0.1) is 11.8 Å². The highest BCUT2D eigenvalue weighted by atomic mass is 35.5. The maximum atomic E-state index is 12.1. The van der Waals surface area contributed by atoms with Gasteiger partial charge in [0.15, 0.2) is 0 Å². The monoisotopic (exact) mass is 322 g/mol. The van der Waals surface area contributed by atoms with Crippen LogP contribution in [0.15, 0.2) is 47.5 Å². The Morgan fingerprint density at radius 2 is 2.00 bits per heavy atom. The summed E-state index contributed by atoms with van der Waals surface area (Å²) in [6.45, 7) is 1.85. The van der Waals surface area contributed by atoms with E-state index in [0.29, 0.717) is 16.6 Å². The summed E-state index contributed by atoms with van der Waals surface area (Å²) in [5.74, 6) is 0.429. The van der Waals surface area contributed by atoms with Crippen molar-refractivity contribution in [2.24, 2.45) is 0 Å². The minimum absolute atomic E-state index is 0.0816. The summed E-state index contributed by atoms with van der Waals surface area (Å²) in [5.41, 5.74) is 0.643. The number of rotatable bonds is 5. The second-order valence-corrected chi connectivity index (χ2v) is 6.14. The molecular formula is C15H15ClN2O2S. The molecule has 6 heteroatoms. The Morgan fingerprint density at radius 3 is 2.57 bits per heavy atom. The fraction of sp³-hybridized carbons (Fsp3) is 0.200. The number of thioether (sulfide) groups is 1. The van der Waals surface area contributed by atoms with Crippen LogP contribution in [0, 0.1) is 0 Å². The summed E-state index contributed by atoms with van der Waals surface area (Å²) in [4.78, 5) is 17.2. The van der Waals surface area contributed by atoms with Crippen molar-refractivity contribution >= 4 is 35.0 Å². The zero-order valence-corrected chi connectivity index (χ0v) is 13.2. The lowest BCUT2D eigenvalue weighted by Crippen LogP contribution is -2.22. The van der Waals surface area contributed by atoms with Gasteiger partial charge in [0.25, 0.3) is 0 Å². The second kappa shape index (κ2) is 7.33. The molecule has 1 heterocycles. The number of aromatic nitrogens is 1. The number of carbonyl (C=O) groups excluding carboxylic acids is 1. The number of pyridine rings is 1. The minimum Gasteiger partial charge on any atom is -0.481 e. The molecule has 0 saturated carbocycles. The summed E-state index contributed by atoms with van der Waals surface area (Å²) in [5, 5.41) is 3.27. The maximum Gasteiger partial charge on any atom is 0.237 e. The molecule has 2 rings (SSSR count).